The first-order valence-electron chi connectivity index (χ1n) is 3.52. The zero-order valence-corrected chi connectivity index (χ0v) is 8.07. The predicted molar refractivity (Wildman–Crippen MR) is 47.2 cm³/mol. The van der Waals surface area contributed by atoms with Crippen molar-refractivity contribution in [2.45, 2.75) is 33.1 Å². The van der Waals surface area contributed by atoms with Crippen LogP contribution in [0, 0.1) is 0 Å². The van der Waals surface area contributed by atoms with Crippen molar-refractivity contribution < 1.29 is 4.79 Å². The van der Waals surface area contributed by atoms with E-state index in [0.717, 1.165) is 24.8 Å². The van der Waals surface area contributed by atoms with Crippen molar-refractivity contribution in [3.05, 3.63) is 10.6 Å². The Labute approximate surface area is 70.6 Å². The van der Waals surface area contributed by atoms with E-state index in [9.17, 15) is 4.79 Å². The van der Waals surface area contributed by atoms with Gasteiger partial charge in [-0.05, 0) is 24.8 Å². The van der Waals surface area contributed by atoms with Gasteiger partial charge in [-0.2, -0.15) is 0 Å². The summed E-state index contributed by atoms with van der Waals surface area (Å²) in [5, 5.41) is 0. The van der Waals surface area contributed by atoms with Gasteiger partial charge in [-0.15, -0.1) is 0 Å². The highest BCUT2D eigenvalue weighted by Crippen LogP contribution is 2.09. The summed E-state index contributed by atoms with van der Waals surface area (Å²) < 4.78 is 0. The average molecular weight is 205 g/mol. The second-order valence-electron chi connectivity index (χ2n) is 2.29. The van der Waals surface area contributed by atoms with Gasteiger partial charge in [0.15, 0.2) is 5.78 Å². The van der Waals surface area contributed by atoms with Crippen LogP contribution in [0.5, 0.6) is 0 Å². The highest BCUT2D eigenvalue weighted by molar-refractivity contribution is 9.11. The van der Waals surface area contributed by atoms with Gasteiger partial charge in [0.1, 0.15) is 0 Å². The smallest absolute Gasteiger partial charge is 0.156 e. The lowest BCUT2D eigenvalue weighted by Gasteiger charge is -1.98. The predicted octanol–water partition coefficient (Wildman–Crippen LogP) is 3.04. The van der Waals surface area contributed by atoms with Gasteiger partial charge in [0, 0.05) is 5.57 Å². The van der Waals surface area contributed by atoms with Crippen molar-refractivity contribution >= 4 is 21.7 Å². The molecule has 0 spiro atoms. The molecule has 0 aliphatic heterocycles. The number of carbonyl (C=O) groups is 1. The van der Waals surface area contributed by atoms with Crippen molar-refractivity contribution in [1.82, 2.24) is 0 Å². The molecule has 0 N–H and O–H groups in total. The molecule has 0 aliphatic carbocycles. The summed E-state index contributed by atoms with van der Waals surface area (Å²) in [6.07, 6.45) is 3.13. The lowest BCUT2D eigenvalue weighted by Crippen LogP contribution is -1.94. The van der Waals surface area contributed by atoms with Crippen LogP contribution in [0.25, 0.3) is 0 Å². The Hall–Kier alpha value is -0.110. The number of allylic oxidation sites excluding steroid dienone is 1. The first-order valence-corrected chi connectivity index (χ1v) is 4.44. The van der Waals surface area contributed by atoms with Crippen LogP contribution in [-0.2, 0) is 4.79 Å². The first kappa shape index (κ1) is 9.89. The molecule has 0 saturated heterocycles. The van der Waals surface area contributed by atoms with Gasteiger partial charge in [-0.1, -0.05) is 29.3 Å². The zero-order valence-electron chi connectivity index (χ0n) is 6.48. The number of halogens is 1. The molecule has 0 heterocycles. The molecule has 0 aliphatic rings. The van der Waals surface area contributed by atoms with Crippen molar-refractivity contribution in [1.29, 1.82) is 0 Å². The van der Waals surface area contributed by atoms with Gasteiger partial charge in [0.2, 0.25) is 0 Å². The topological polar surface area (TPSA) is 17.1 Å². The Bertz CT molecular complexity index is 138. The maximum Gasteiger partial charge on any atom is 0.156 e. The van der Waals surface area contributed by atoms with E-state index in [1.54, 1.807) is 11.9 Å². The van der Waals surface area contributed by atoms with E-state index in [4.69, 9.17) is 0 Å². The summed E-state index contributed by atoms with van der Waals surface area (Å²) in [5.74, 6) is 0.172. The number of unbranched alkanes of at least 4 members (excludes halogenated alkanes) is 1. The third-order valence-electron chi connectivity index (χ3n) is 1.38. The van der Waals surface area contributed by atoms with Crippen molar-refractivity contribution in [2.75, 3.05) is 0 Å². The van der Waals surface area contributed by atoms with E-state index in [1.807, 2.05) is 0 Å². The van der Waals surface area contributed by atoms with Gasteiger partial charge >= 0.3 is 0 Å². The molecule has 0 atom stereocenters. The van der Waals surface area contributed by atoms with Gasteiger partial charge in [-0.25, -0.2) is 0 Å². The Balaban J connectivity index is 3.74. The minimum absolute atomic E-state index is 0.172. The van der Waals surface area contributed by atoms with Crippen LogP contribution in [0.15, 0.2) is 10.6 Å². The largest absolute Gasteiger partial charge is 0.295 e. The van der Waals surface area contributed by atoms with Crippen LogP contribution in [-0.4, -0.2) is 5.78 Å². The minimum Gasteiger partial charge on any atom is -0.295 e. The lowest BCUT2D eigenvalue weighted by atomic mass is 10.1. The Morgan fingerprint density at radius 3 is 2.50 bits per heavy atom. The Kier molecular flexibility index (Phi) is 5.60. The molecule has 2 heteroatoms. The molecule has 10 heavy (non-hydrogen) atoms. The van der Waals surface area contributed by atoms with Crippen LogP contribution >= 0.6 is 15.9 Å². The molecular weight excluding hydrogens is 192 g/mol. The SMILES string of the molecule is CCCC/C(=C/Br)C(C)=O. The molecule has 0 fully saturated rings. The third-order valence-corrected chi connectivity index (χ3v) is 1.94. The van der Waals surface area contributed by atoms with E-state index in [-0.39, 0.29) is 5.78 Å². The third kappa shape index (κ3) is 3.83. The molecule has 0 aromatic rings. The van der Waals surface area contributed by atoms with Crippen LogP contribution < -0.4 is 0 Å². The van der Waals surface area contributed by atoms with Crippen LogP contribution in [0.3, 0.4) is 0 Å². The number of Topliss-reactive ketones (excluding diaryl/α,β-unsaturated/α-hetero) is 1. The Morgan fingerprint density at radius 2 is 2.20 bits per heavy atom. The van der Waals surface area contributed by atoms with Crippen molar-refractivity contribution in [3.8, 4) is 0 Å². The summed E-state index contributed by atoms with van der Waals surface area (Å²) in [4.78, 5) is 12.5. The fraction of sp³-hybridized carbons (Fsp3) is 0.625. The van der Waals surface area contributed by atoms with Gasteiger partial charge < -0.3 is 0 Å². The molecule has 58 valence electrons. The fourth-order valence-electron chi connectivity index (χ4n) is 0.675. The van der Waals surface area contributed by atoms with Crippen molar-refractivity contribution in [3.63, 3.8) is 0 Å². The van der Waals surface area contributed by atoms with E-state index < -0.39 is 0 Å². The molecule has 0 aromatic heterocycles. The summed E-state index contributed by atoms with van der Waals surface area (Å²) in [6.45, 7) is 3.72. The molecule has 0 rings (SSSR count). The second kappa shape index (κ2) is 5.66. The summed E-state index contributed by atoms with van der Waals surface area (Å²) in [7, 11) is 0. The van der Waals surface area contributed by atoms with E-state index in [0.29, 0.717) is 0 Å². The molecule has 0 radical (unpaired) electrons. The molecule has 0 saturated carbocycles. The molecule has 0 aromatic carbocycles. The van der Waals surface area contributed by atoms with Crippen LogP contribution in [0.4, 0.5) is 0 Å². The maximum absolute atomic E-state index is 10.8. The standard InChI is InChI=1S/C8H13BrO/c1-3-4-5-8(6-9)7(2)10/h6H,3-5H2,1-2H3/b8-6-. The first-order chi connectivity index (χ1) is 4.72. The molecular formula is C8H13BrO. The normalized spacial score (nSPS) is 11.7. The van der Waals surface area contributed by atoms with E-state index >= 15 is 0 Å². The van der Waals surface area contributed by atoms with E-state index in [2.05, 4.69) is 22.9 Å². The summed E-state index contributed by atoms with van der Waals surface area (Å²) in [6, 6.07) is 0. The maximum atomic E-state index is 10.8. The molecule has 0 amide bonds. The van der Waals surface area contributed by atoms with Gasteiger partial charge in [0.25, 0.3) is 0 Å². The monoisotopic (exact) mass is 204 g/mol. The number of hydrogen-bond acceptors (Lipinski definition) is 1. The molecule has 0 bridgehead atoms. The molecule has 1 nitrogen and oxygen atoms in total. The highest BCUT2D eigenvalue weighted by Gasteiger charge is 2.00. The quantitative estimate of drug-likeness (QED) is 0.644. The van der Waals surface area contributed by atoms with Crippen LogP contribution in [0.1, 0.15) is 33.1 Å². The van der Waals surface area contributed by atoms with E-state index in [1.165, 1.54) is 0 Å². The average Bonchev–Trinajstić information content (AvgIpc) is 1.89. The van der Waals surface area contributed by atoms with Gasteiger partial charge in [-0.3, -0.25) is 4.79 Å². The van der Waals surface area contributed by atoms with Crippen molar-refractivity contribution in [2.24, 2.45) is 0 Å². The lowest BCUT2D eigenvalue weighted by molar-refractivity contribution is -0.113. The number of rotatable bonds is 4. The molecule has 0 unspecified atom stereocenters. The number of ketones is 1. The minimum atomic E-state index is 0.172. The van der Waals surface area contributed by atoms with Crippen LogP contribution in [0.2, 0.25) is 0 Å². The second-order valence-corrected chi connectivity index (χ2v) is 2.75. The number of hydrogen-bond donors (Lipinski definition) is 0. The van der Waals surface area contributed by atoms with Gasteiger partial charge in [0.05, 0.1) is 0 Å². The number of carbonyl (C=O) groups excluding carboxylic acids is 1. The zero-order chi connectivity index (χ0) is 7.98. The Morgan fingerprint density at radius 1 is 1.60 bits per heavy atom. The highest BCUT2D eigenvalue weighted by atomic mass is 79.9. The summed E-state index contributed by atoms with van der Waals surface area (Å²) >= 11 is 3.16. The fourth-order valence-corrected chi connectivity index (χ4v) is 1.23. The summed E-state index contributed by atoms with van der Waals surface area (Å²) in [5.41, 5.74) is 0.891.